The maximum absolute atomic E-state index is 12.9. The van der Waals surface area contributed by atoms with Gasteiger partial charge in [0.2, 0.25) is 5.91 Å². The summed E-state index contributed by atoms with van der Waals surface area (Å²) in [6.45, 7) is 0.979. The number of aliphatic carboxylic acids is 1. The molecule has 1 aliphatic carbocycles. The largest absolute Gasteiger partial charge is 0.481 e. The van der Waals surface area contributed by atoms with Crippen LogP contribution in [-0.4, -0.2) is 60.8 Å². The van der Waals surface area contributed by atoms with Gasteiger partial charge in [-0.05, 0) is 27.8 Å². The lowest BCUT2D eigenvalue weighted by Gasteiger charge is -2.24. The fraction of sp³-hybridized carbons (Fsp3) is 0.276. The van der Waals surface area contributed by atoms with E-state index in [1.54, 1.807) is 7.05 Å². The second-order valence-electron chi connectivity index (χ2n) is 8.92. The van der Waals surface area contributed by atoms with Gasteiger partial charge in [-0.2, -0.15) is 0 Å². The predicted octanol–water partition coefficient (Wildman–Crippen LogP) is 4.04. The summed E-state index contributed by atoms with van der Waals surface area (Å²) in [6.07, 6.45) is -1.40. The Morgan fingerprint density at radius 2 is 1.51 bits per heavy atom. The van der Waals surface area contributed by atoms with Crippen LogP contribution in [0, 0.1) is 0 Å². The molecule has 8 heteroatoms. The van der Waals surface area contributed by atoms with Crippen LogP contribution in [0.4, 0.5) is 4.79 Å². The number of carboxylic acids is 1. The van der Waals surface area contributed by atoms with Gasteiger partial charge in [0.25, 0.3) is 0 Å². The molecule has 0 radical (unpaired) electrons. The minimum atomic E-state index is -1.26. The van der Waals surface area contributed by atoms with Crippen molar-refractivity contribution >= 4 is 18.0 Å². The summed E-state index contributed by atoms with van der Waals surface area (Å²) >= 11 is 0. The number of amides is 2. The smallest absolute Gasteiger partial charge is 0.407 e. The molecular weight excluding hydrogens is 472 g/mol. The first-order valence-corrected chi connectivity index (χ1v) is 12.1. The standard InChI is InChI=1S/C29H30N2O6/c1-31(15-16-36-18-20-9-3-2-4-10-20)28(34)26(17-27(32)33)30-29(35)37-19-25-23-13-7-5-11-21(23)22-12-6-8-14-24(22)25/h2-14,25-26H,15-19H2,1H3,(H,30,35)(H,32,33). The molecule has 1 aliphatic rings. The maximum Gasteiger partial charge on any atom is 0.407 e. The van der Waals surface area contributed by atoms with E-state index >= 15 is 0 Å². The molecule has 192 valence electrons. The molecule has 0 fully saturated rings. The number of likely N-dealkylation sites (N-methyl/N-ethyl adjacent to an activating group) is 1. The minimum absolute atomic E-state index is 0.0665. The van der Waals surface area contributed by atoms with Crippen molar-refractivity contribution < 1.29 is 29.0 Å². The van der Waals surface area contributed by atoms with Crippen molar-refractivity contribution in [3.63, 3.8) is 0 Å². The van der Waals surface area contributed by atoms with E-state index in [0.29, 0.717) is 6.61 Å². The van der Waals surface area contributed by atoms with Crippen molar-refractivity contribution in [3.8, 4) is 11.1 Å². The molecular formula is C29H30N2O6. The first-order chi connectivity index (χ1) is 17.9. The molecule has 3 aromatic rings. The number of rotatable bonds is 11. The number of hydrogen-bond donors (Lipinski definition) is 2. The van der Waals surface area contributed by atoms with Gasteiger partial charge in [-0.1, -0.05) is 78.9 Å². The Morgan fingerprint density at radius 3 is 2.14 bits per heavy atom. The minimum Gasteiger partial charge on any atom is -0.481 e. The van der Waals surface area contributed by atoms with Crippen molar-refractivity contribution in [3.05, 3.63) is 95.6 Å². The van der Waals surface area contributed by atoms with E-state index in [-0.39, 0.29) is 25.7 Å². The van der Waals surface area contributed by atoms with Crippen LogP contribution in [0.2, 0.25) is 0 Å². The van der Waals surface area contributed by atoms with Crippen molar-refractivity contribution in [2.45, 2.75) is 25.0 Å². The number of fused-ring (bicyclic) bond motifs is 3. The normalized spacial score (nSPS) is 12.8. The highest BCUT2D eigenvalue weighted by molar-refractivity contribution is 5.89. The summed E-state index contributed by atoms with van der Waals surface area (Å²) in [4.78, 5) is 38.3. The zero-order chi connectivity index (χ0) is 26.2. The van der Waals surface area contributed by atoms with Crippen molar-refractivity contribution in [1.82, 2.24) is 10.2 Å². The van der Waals surface area contributed by atoms with Gasteiger partial charge in [-0.25, -0.2) is 4.79 Å². The Kier molecular flexibility index (Phi) is 8.53. The number of alkyl carbamates (subject to hydrolysis) is 1. The molecule has 0 saturated carbocycles. The lowest BCUT2D eigenvalue weighted by atomic mass is 9.98. The van der Waals surface area contributed by atoms with Crippen LogP contribution in [0.15, 0.2) is 78.9 Å². The Balaban J connectivity index is 1.31. The summed E-state index contributed by atoms with van der Waals surface area (Å²) < 4.78 is 11.1. The predicted molar refractivity (Wildman–Crippen MR) is 138 cm³/mol. The molecule has 4 rings (SSSR count). The number of nitrogens with one attached hydrogen (secondary N) is 1. The summed E-state index contributed by atoms with van der Waals surface area (Å²) in [5.74, 6) is -1.87. The number of nitrogens with zero attached hydrogens (tertiary/aromatic N) is 1. The highest BCUT2D eigenvalue weighted by atomic mass is 16.5. The van der Waals surface area contributed by atoms with Crippen molar-refractivity contribution in [1.29, 1.82) is 0 Å². The van der Waals surface area contributed by atoms with Crippen LogP contribution in [-0.2, 0) is 25.7 Å². The summed E-state index contributed by atoms with van der Waals surface area (Å²) in [7, 11) is 1.54. The van der Waals surface area contributed by atoms with Gasteiger partial charge in [0, 0.05) is 19.5 Å². The zero-order valence-corrected chi connectivity index (χ0v) is 20.6. The van der Waals surface area contributed by atoms with E-state index < -0.39 is 30.4 Å². The van der Waals surface area contributed by atoms with Crippen LogP contribution in [0.1, 0.15) is 29.0 Å². The fourth-order valence-electron chi connectivity index (χ4n) is 4.50. The van der Waals surface area contributed by atoms with Crippen LogP contribution in [0.5, 0.6) is 0 Å². The monoisotopic (exact) mass is 502 g/mol. The number of ether oxygens (including phenoxy) is 2. The zero-order valence-electron chi connectivity index (χ0n) is 20.6. The number of carboxylic acid groups (broad SMARTS) is 1. The number of hydrogen-bond acceptors (Lipinski definition) is 5. The highest BCUT2D eigenvalue weighted by Gasteiger charge is 2.31. The Bertz CT molecular complexity index is 1200. The van der Waals surface area contributed by atoms with Crippen molar-refractivity contribution in [2.24, 2.45) is 0 Å². The Morgan fingerprint density at radius 1 is 0.919 bits per heavy atom. The second kappa shape index (κ2) is 12.2. The summed E-state index contributed by atoms with van der Waals surface area (Å²) in [5, 5.41) is 11.7. The van der Waals surface area contributed by atoms with Crippen LogP contribution < -0.4 is 5.32 Å². The summed E-state index contributed by atoms with van der Waals surface area (Å²) in [5.41, 5.74) is 5.33. The molecule has 2 N–H and O–H groups in total. The number of benzene rings is 3. The van der Waals surface area contributed by atoms with Crippen molar-refractivity contribution in [2.75, 3.05) is 26.8 Å². The van der Waals surface area contributed by atoms with E-state index in [9.17, 15) is 19.5 Å². The third kappa shape index (κ3) is 6.54. The first kappa shape index (κ1) is 25.9. The third-order valence-corrected chi connectivity index (χ3v) is 6.37. The van der Waals surface area contributed by atoms with E-state index in [2.05, 4.69) is 5.32 Å². The van der Waals surface area contributed by atoms with E-state index in [4.69, 9.17) is 9.47 Å². The SMILES string of the molecule is CN(CCOCc1ccccc1)C(=O)C(CC(=O)O)NC(=O)OCC1c2ccccc2-c2ccccc21. The van der Waals surface area contributed by atoms with Gasteiger partial charge in [-0.15, -0.1) is 0 Å². The van der Waals surface area contributed by atoms with Gasteiger partial charge in [0.1, 0.15) is 12.6 Å². The van der Waals surface area contributed by atoms with Gasteiger partial charge < -0.3 is 24.8 Å². The van der Waals surface area contributed by atoms with Gasteiger partial charge >= 0.3 is 12.1 Å². The molecule has 1 unspecified atom stereocenters. The lowest BCUT2D eigenvalue weighted by molar-refractivity contribution is -0.142. The van der Waals surface area contributed by atoms with Gasteiger partial charge in [0.15, 0.2) is 0 Å². The molecule has 37 heavy (non-hydrogen) atoms. The van der Waals surface area contributed by atoms with Crippen LogP contribution in [0.25, 0.3) is 11.1 Å². The highest BCUT2D eigenvalue weighted by Crippen LogP contribution is 2.44. The average molecular weight is 503 g/mol. The molecule has 0 aliphatic heterocycles. The van der Waals surface area contributed by atoms with Gasteiger partial charge in [-0.3, -0.25) is 9.59 Å². The fourth-order valence-corrected chi connectivity index (χ4v) is 4.50. The molecule has 1 atom stereocenters. The lowest BCUT2D eigenvalue weighted by Crippen LogP contribution is -2.49. The van der Waals surface area contributed by atoms with Crippen LogP contribution >= 0.6 is 0 Å². The molecule has 8 nitrogen and oxygen atoms in total. The van der Waals surface area contributed by atoms with E-state index in [0.717, 1.165) is 27.8 Å². The molecule has 0 spiro atoms. The molecule has 0 heterocycles. The number of carbonyl (C=O) groups excluding carboxylic acids is 2. The second-order valence-corrected chi connectivity index (χ2v) is 8.92. The molecule has 0 aromatic heterocycles. The number of carbonyl (C=O) groups is 3. The first-order valence-electron chi connectivity index (χ1n) is 12.1. The Labute approximate surface area is 215 Å². The van der Waals surface area contributed by atoms with Crippen LogP contribution in [0.3, 0.4) is 0 Å². The maximum atomic E-state index is 12.9. The van der Waals surface area contributed by atoms with Gasteiger partial charge in [0.05, 0.1) is 19.6 Å². The molecule has 3 aromatic carbocycles. The Hall–Kier alpha value is -4.17. The topological polar surface area (TPSA) is 105 Å². The quantitative estimate of drug-likeness (QED) is 0.384. The van der Waals surface area contributed by atoms with E-state index in [1.807, 2.05) is 78.9 Å². The molecule has 2 amide bonds. The average Bonchev–Trinajstić information content (AvgIpc) is 3.23. The molecule has 0 saturated heterocycles. The van der Waals surface area contributed by atoms with E-state index in [1.165, 1.54) is 4.90 Å². The summed E-state index contributed by atoms with van der Waals surface area (Å²) in [6, 6.07) is 24.3. The third-order valence-electron chi connectivity index (χ3n) is 6.37. The molecule has 0 bridgehead atoms.